The van der Waals surface area contributed by atoms with Crippen molar-refractivity contribution < 1.29 is 39.8 Å². The van der Waals surface area contributed by atoms with Gasteiger partial charge in [-0.25, -0.2) is 0 Å². The molecule has 13 heteroatoms. The van der Waals surface area contributed by atoms with Crippen LogP contribution in [0.4, 0.5) is 0 Å². The van der Waals surface area contributed by atoms with E-state index in [9.17, 15) is 30.3 Å². The van der Waals surface area contributed by atoms with Gasteiger partial charge in [0.15, 0.2) is 23.7 Å². The second-order valence-electron chi connectivity index (χ2n) is 21.3. The summed E-state index contributed by atoms with van der Waals surface area (Å²) in [4.78, 5) is 18.1. The topological polar surface area (TPSA) is 211 Å². The smallest absolute Gasteiger partial charge is 0.302 e. The third kappa shape index (κ3) is 11.4. The molecule has 10 N–H and O–H groups in total. The van der Waals surface area contributed by atoms with Crippen molar-refractivity contribution in [2.45, 2.75) is 152 Å². The summed E-state index contributed by atoms with van der Waals surface area (Å²) in [6, 6.07) is 17.9. The number of nitrogens with two attached hydrogens (primary N) is 1. The van der Waals surface area contributed by atoms with Crippen LogP contribution in [0.25, 0.3) is 0 Å². The summed E-state index contributed by atoms with van der Waals surface area (Å²) >= 11 is 0. The first-order chi connectivity index (χ1) is 33.6. The molecule has 2 aliphatic carbocycles. The number of aliphatic hydroxyl groups is 4. The number of fused-ring (bicyclic) bond motifs is 7. The maximum atomic E-state index is 13.1. The van der Waals surface area contributed by atoms with Crippen LogP contribution in [-0.2, 0) is 28.8 Å². The lowest BCUT2D eigenvalue weighted by Gasteiger charge is -2.44. The number of aromatic hydroxyl groups is 1. The fraction of sp³-hybridized carbons (Fsp3) is 0.544. The van der Waals surface area contributed by atoms with E-state index >= 15 is 0 Å². The molecule has 1 saturated heterocycles. The normalized spacial score (nSPS) is 33.2. The molecule has 12 unspecified atom stereocenters. The SMILES string of the molecule is CC(=O)OC1CC(O)CCC23C#CC4CC5C#CCC(Cc6cccc(c6)C(Cc6cc(C)cc(C)c6)CN=C(N)NC2C=CCC3O)NCC2(C5)CC(CCN2)Oc2cc(c(C(O)O)cc2O)CC41. The second kappa shape index (κ2) is 21.1. The van der Waals surface area contributed by atoms with Crippen molar-refractivity contribution in [3.05, 3.63) is 106 Å². The number of aliphatic hydroxyl groups excluding tert-OH is 3. The van der Waals surface area contributed by atoms with Gasteiger partial charge in [0.2, 0.25) is 0 Å². The molecule has 0 aromatic heterocycles. The first-order valence-electron chi connectivity index (χ1n) is 25.4. The summed E-state index contributed by atoms with van der Waals surface area (Å²) in [5, 5.41) is 68.8. The van der Waals surface area contributed by atoms with Crippen LogP contribution in [0, 0.1) is 60.7 Å². The van der Waals surface area contributed by atoms with E-state index in [2.05, 4.69) is 95.9 Å². The number of hydrogen-bond acceptors (Lipinski definition) is 13. The molecule has 6 aliphatic rings. The van der Waals surface area contributed by atoms with Crippen molar-refractivity contribution in [1.82, 2.24) is 16.0 Å². The molecule has 12 atom stereocenters. The van der Waals surface area contributed by atoms with Gasteiger partial charge in [0.05, 0.1) is 23.7 Å². The van der Waals surface area contributed by atoms with E-state index in [1.54, 1.807) is 6.07 Å². The number of rotatable bonds is 4. The average Bonchev–Trinajstić information content (AvgIpc) is 3.37. The fourth-order valence-corrected chi connectivity index (χ4v) is 12.5. The lowest BCUT2D eigenvalue weighted by Crippen LogP contribution is -2.60. The molecule has 0 radical (unpaired) electrons. The Morgan fingerprint density at radius 1 is 1.03 bits per heavy atom. The van der Waals surface area contributed by atoms with Crippen molar-refractivity contribution in [3.63, 3.8) is 0 Å². The quantitative estimate of drug-likeness (QED) is 0.0728. The highest BCUT2D eigenvalue weighted by atomic mass is 16.5. The van der Waals surface area contributed by atoms with Gasteiger partial charge in [-0.2, -0.15) is 0 Å². The minimum Gasteiger partial charge on any atom is -0.504 e. The number of esters is 1. The van der Waals surface area contributed by atoms with Crippen LogP contribution in [0.1, 0.15) is 116 Å². The zero-order chi connectivity index (χ0) is 49.2. The number of hydrogen-bond donors (Lipinski definition) is 9. The van der Waals surface area contributed by atoms with Crippen molar-refractivity contribution in [1.29, 1.82) is 0 Å². The summed E-state index contributed by atoms with van der Waals surface area (Å²) in [6.45, 7) is 7.29. The van der Waals surface area contributed by atoms with E-state index in [0.717, 1.165) is 12.8 Å². The number of phenols is 1. The molecule has 0 saturated carbocycles. The molecule has 3 aromatic carbocycles. The molecule has 1 fully saturated rings. The highest BCUT2D eigenvalue weighted by molar-refractivity contribution is 5.78. The summed E-state index contributed by atoms with van der Waals surface area (Å²) < 4.78 is 12.9. The van der Waals surface area contributed by atoms with Crippen molar-refractivity contribution in [2.75, 3.05) is 19.6 Å². The minimum absolute atomic E-state index is 0.00860. The number of guanidine groups is 1. The molecule has 70 heavy (non-hydrogen) atoms. The van der Waals surface area contributed by atoms with Gasteiger partial charge in [-0.1, -0.05) is 83.5 Å². The third-order valence-electron chi connectivity index (χ3n) is 15.9. The monoisotopic (exact) mass is 954 g/mol. The van der Waals surface area contributed by atoms with Crippen LogP contribution in [-0.4, -0.2) is 99.1 Å². The largest absolute Gasteiger partial charge is 0.504 e. The lowest BCUT2D eigenvalue weighted by molar-refractivity contribution is -0.152. The van der Waals surface area contributed by atoms with Gasteiger partial charge in [-0.15, -0.1) is 5.92 Å². The number of nitrogens with zero attached hydrogens (tertiary/aromatic N) is 1. The van der Waals surface area contributed by atoms with Gasteiger partial charge in [-0.3, -0.25) is 9.79 Å². The first kappa shape index (κ1) is 49.6. The van der Waals surface area contributed by atoms with E-state index < -0.39 is 59.4 Å². The van der Waals surface area contributed by atoms with Crippen LogP contribution < -0.4 is 26.4 Å². The van der Waals surface area contributed by atoms with Crippen LogP contribution in [0.3, 0.4) is 0 Å². The molecular weight excluding hydrogens is 883 g/mol. The highest BCUT2D eigenvalue weighted by Crippen LogP contribution is 2.44. The Morgan fingerprint density at radius 3 is 2.66 bits per heavy atom. The maximum absolute atomic E-state index is 13.1. The Hall–Kier alpha value is -5.38. The van der Waals surface area contributed by atoms with Gasteiger partial charge in [-0.05, 0) is 113 Å². The number of phenolic OH excluding ortho intramolecular Hbond substituents is 1. The van der Waals surface area contributed by atoms with Crippen LogP contribution in [0.15, 0.2) is 71.7 Å². The standard InChI is InChI=1S/C57H71N5O8/c1-34-19-35(2)21-39(20-34)24-43-32-59-55(58)62-52-11-6-12-53(66)57(52)16-13-41-23-38-8-5-10-44(25-37-7-4-9-40(43)22-37)60-33-56(30-38)31-46(15-18-61-56)70-51-27-42(48(54(67)68)29-49(51)65)26-47(41)50(69-36(3)63)28-45(64)14-17-57/h4,6-7,9,11,19-22,27,29,38,41,43-47,50,52-54,60-61,64-68H,10,12,14-15,17-18,23-26,28,30-33H2,1-3H3,(H3,58,59,62). The number of nitrogens with one attached hydrogen (secondary N) is 3. The van der Waals surface area contributed by atoms with E-state index in [1.807, 2.05) is 12.2 Å². The van der Waals surface area contributed by atoms with Crippen LogP contribution >= 0.6 is 0 Å². The fourth-order valence-electron chi connectivity index (χ4n) is 12.5. The Bertz CT molecular complexity index is 2570. The summed E-state index contributed by atoms with van der Waals surface area (Å²) in [7, 11) is 0. The van der Waals surface area contributed by atoms with E-state index in [0.29, 0.717) is 70.1 Å². The molecule has 10 bridgehead atoms. The Morgan fingerprint density at radius 2 is 1.86 bits per heavy atom. The van der Waals surface area contributed by atoms with Crippen molar-refractivity contribution in [3.8, 4) is 35.2 Å². The highest BCUT2D eigenvalue weighted by Gasteiger charge is 2.47. The first-order valence-corrected chi connectivity index (χ1v) is 25.4. The lowest BCUT2D eigenvalue weighted by atomic mass is 9.66. The average molecular weight is 954 g/mol. The molecule has 2 spiro atoms. The third-order valence-corrected chi connectivity index (χ3v) is 15.9. The number of benzene rings is 3. The van der Waals surface area contributed by atoms with Gasteiger partial charge in [0, 0.05) is 80.1 Å². The number of aryl methyl sites for hydroxylation is 2. The zero-order valence-corrected chi connectivity index (χ0v) is 40.8. The molecule has 372 valence electrons. The molecule has 4 aliphatic heterocycles. The van der Waals surface area contributed by atoms with Crippen molar-refractivity contribution in [2.24, 2.45) is 33.9 Å². The van der Waals surface area contributed by atoms with Gasteiger partial charge in [0.1, 0.15) is 12.2 Å². The van der Waals surface area contributed by atoms with Crippen molar-refractivity contribution >= 4 is 11.9 Å². The molecule has 3 aromatic rings. The Balaban J connectivity index is 1.24. The second-order valence-corrected chi connectivity index (χ2v) is 21.3. The van der Waals surface area contributed by atoms with Gasteiger partial charge >= 0.3 is 5.97 Å². The zero-order valence-electron chi connectivity index (χ0n) is 40.8. The molecule has 4 heterocycles. The summed E-state index contributed by atoms with van der Waals surface area (Å²) in [5.74, 6) is 13.1. The minimum atomic E-state index is -1.94. The predicted octanol–water partition coefficient (Wildman–Crippen LogP) is 5.05. The van der Waals surface area contributed by atoms with E-state index in [4.69, 9.17) is 20.2 Å². The number of ether oxygens (including phenoxy) is 2. The number of carbonyl (C=O) groups is 1. The van der Waals surface area contributed by atoms with Gasteiger partial charge < -0.3 is 56.7 Å². The summed E-state index contributed by atoms with van der Waals surface area (Å²) in [6.07, 6.45) is 4.50. The number of aliphatic imine (C=N–C) groups is 1. The maximum Gasteiger partial charge on any atom is 0.302 e. The molecule has 9 rings (SSSR count). The summed E-state index contributed by atoms with van der Waals surface area (Å²) in [5.41, 5.74) is 11.8. The van der Waals surface area contributed by atoms with Crippen LogP contribution in [0.2, 0.25) is 0 Å². The molecule has 0 amide bonds. The Labute approximate surface area is 412 Å². The number of carbonyl (C=O) groups excluding carboxylic acids is 1. The Kier molecular flexibility index (Phi) is 15.0. The predicted molar refractivity (Wildman–Crippen MR) is 269 cm³/mol. The van der Waals surface area contributed by atoms with E-state index in [-0.39, 0.29) is 66.3 Å². The molecule has 13 nitrogen and oxygen atoms in total. The van der Waals surface area contributed by atoms with Crippen LogP contribution in [0.5, 0.6) is 11.5 Å². The number of piperidine rings is 1. The van der Waals surface area contributed by atoms with E-state index in [1.165, 1.54) is 40.8 Å². The van der Waals surface area contributed by atoms with Gasteiger partial charge in [0.25, 0.3) is 0 Å². The molecular formula is C57H71N5O8.